The Balaban J connectivity index is 2.11. The second-order valence-electron chi connectivity index (χ2n) is 4.41. The van der Waals surface area contributed by atoms with E-state index in [1.165, 1.54) is 10.6 Å². The van der Waals surface area contributed by atoms with Gasteiger partial charge in [0.2, 0.25) is 0 Å². The number of methoxy groups -OCH3 is 1. The van der Waals surface area contributed by atoms with Gasteiger partial charge < -0.3 is 15.4 Å². The minimum absolute atomic E-state index is 0.356. The van der Waals surface area contributed by atoms with Gasteiger partial charge in [0.25, 0.3) is 0 Å². The second-order valence-corrected chi connectivity index (χ2v) is 5.47. The third kappa shape index (κ3) is 2.78. The summed E-state index contributed by atoms with van der Waals surface area (Å²) in [6.07, 6.45) is 3.60. The molecule has 0 spiro atoms. The highest BCUT2D eigenvalue weighted by Gasteiger charge is 2.25. The van der Waals surface area contributed by atoms with E-state index in [0.29, 0.717) is 12.6 Å². The normalized spacial score (nSPS) is 20.2. The van der Waals surface area contributed by atoms with Crippen molar-refractivity contribution < 1.29 is 4.74 Å². The molecule has 5 heteroatoms. The van der Waals surface area contributed by atoms with E-state index < -0.39 is 0 Å². The Labute approximate surface area is 107 Å². The zero-order chi connectivity index (χ0) is 12.3. The van der Waals surface area contributed by atoms with Crippen LogP contribution in [0.2, 0.25) is 0 Å². The average Bonchev–Trinajstić information content (AvgIpc) is 2.94. The van der Waals surface area contributed by atoms with Crippen LogP contribution in [-0.2, 0) is 17.7 Å². The standard InChI is InChI=1S/C12H21N3OS/c1-3-4-10-11(7-13)17-12(14-10)15-6-5-9(8-15)16-2/h9H,3-8,13H2,1-2H3. The van der Waals surface area contributed by atoms with Gasteiger partial charge in [-0.25, -0.2) is 4.98 Å². The van der Waals surface area contributed by atoms with E-state index in [0.717, 1.165) is 37.5 Å². The number of anilines is 1. The third-order valence-electron chi connectivity index (χ3n) is 3.19. The first-order valence-corrected chi connectivity index (χ1v) is 7.06. The lowest BCUT2D eigenvalue weighted by atomic mass is 10.2. The molecule has 1 unspecified atom stereocenters. The molecular formula is C12H21N3OS. The van der Waals surface area contributed by atoms with Crippen molar-refractivity contribution in [2.75, 3.05) is 25.1 Å². The van der Waals surface area contributed by atoms with Crippen molar-refractivity contribution in [1.82, 2.24) is 4.98 Å². The molecule has 0 bridgehead atoms. The van der Waals surface area contributed by atoms with Crippen molar-refractivity contribution in [2.45, 2.75) is 38.8 Å². The van der Waals surface area contributed by atoms with E-state index in [1.54, 1.807) is 18.4 Å². The maximum atomic E-state index is 5.77. The van der Waals surface area contributed by atoms with Crippen molar-refractivity contribution in [3.63, 3.8) is 0 Å². The summed E-state index contributed by atoms with van der Waals surface area (Å²) in [7, 11) is 1.78. The Hall–Kier alpha value is -0.650. The Bertz CT molecular complexity index is 367. The van der Waals surface area contributed by atoms with Crippen LogP contribution in [-0.4, -0.2) is 31.3 Å². The third-order valence-corrected chi connectivity index (χ3v) is 4.37. The molecule has 1 aliphatic rings. The molecule has 1 saturated heterocycles. The summed E-state index contributed by atoms with van der Waals surface area (Å²) in [4.78, 5) is 8.29. The Morgan fingerprint density at radius 2 is 2.41 bits per heavy atom. The summed E-state index contributed by atoms with van der Waals surface area (Å²) in [6, 6.07) is 0. The largest absolute Gasteiger partial charge is 0.380 e. The summed E-state index contributed by atoms with van der Waals surface area (Å²) in [5.74, 6) is 0. The van der Waals surface area contributed by atoms with Gasteiger partial charge in [0.05, 0.1) is 11.8 Å². The molecule has 1 aromatic heterocycles. The number of rotatable bonds is 5. The van der Waals surface area contributed by atoms with Crippen LogP contribution in [0.15, 0.2) is 0 Å². The maximum absolute atomic E-state index is 5.77. The van der Waals surface area contributed by atoms with Crippen LogP contribution in [0, 0.1) is 0 Å². The maximum Gasteiger partial charge on any atom is 0.185 e. The van der Waals surface area contributed by atoms with Crippen molar-refractivity contribution in [3.8, 4) is 0 Å². The fourth-order valence-electron chi connectivity index (χ4n) is 2.19. The van der Waals surface area contributed by atoms with E-state index in [4.69, 9.17) is 15.5 Å². The van der Waals surface area contributed by atoms with Gasteiger partial charge in [-0.05, 0) is 12.8 Å². The van der Waals surface area contributed by atoms with E-state index in [2.05, 4.69) is 11.8 Å². The topological polar surface area (TPSA) is 51.4 Å². The molecule has 96 valence electrons. The number of nitrogens with zero attached hydrogens (tertiary/aromatic N) is 2. The Kier molecular flexibility index (Phi) is 4.36. The lowest BCUT2D eigenvalue weighted by Gasteiger charge is -2.13. The number of aromatic nitrogens is 1. The highest BCUT2D eigenvalue weighted by Crippen LogP contribution is 2.29. The first-order chi connectivity index (χ1) is 8.28. The molecule has 17 heavy (non-hydrogen) atoms. The fraction of sp³-hybridized carbons (Fsp3) is 0.750. The highest BCUT2D eigenvalue weighted by molar-refractivity contribution is 7.15. The molecule has 0 radical (unpaired) electrons. The van der Waals surface area contributed by atoms with Crippen LogP contribution in [0.5, 0.6) is 0 Å². The molecule has 1 aromatic rings. The van der Waals surface area contributed by atoms with Crippen LogP contribution < -0.4 is 10.6 Å². The van der Waals surface area contributed by atoms with Crippen LogP contribution in [0.1, 0.15) is 30.3 Å². The lowest BCUT2D eigenvalue weighted by Crippen LogP contribution is -2.21. The average molecular weight is 255 g/mol. The quantitative estimate of drug-likeness (QED) is 0.871. The predicted octanol–water partition coefficient (Wildman–Crippen LogP) is 1.78. The van der Waals surface area contributed by atoms with Crippen molar-refractivity contribution in [3.05, 3.63) is 10.6 Å². The van der Waals surface area contributed by atoms with Crippen LogP contribution in [0.4, 0.5) is 5.13 Å². The van der Waals surface area contributed by atoms with E-state index in [-0.39, 0.29) is 0 Å². The van der Waals surface area contributed by atoms with Gasteiger partial charge in [-0.2, -0.15) is 0 Å². The number of hydrogen-bond donors (Lipinski definition) is 1. The Morgan fingerprint density at radius 1 is 1.59 bits per heavy atom. The summed E-state index contributed by atoms with van der Waals surface area (Å²) >= 11 is 1.74. The minimum atomic E-state index is 0.356. The lowest BCUT2D eigenvalue weighted by molar-refractivity contribution is 0.121. The molecule has 1 aliphatic heterocycles. The monoisotopic (exact) mass is 255 g/mol. The number of thiazole rings is 1. The SMILES string of the molecule is CCCc1nc(N2CCC(OC)C2)sc1CN. The van der Waals surface area contributed by atoms with Gasteiger partial charge in [0, 0.05) is 31.6 Å². The van der Waals surface area contributed by atoms with Gasteiger partial charge in [-0.3, -0.25) is 0 Å². The first-order valence-electron chi connectivity index (χ1n) is 6.24. The smallest absolute Gasteiger partial charge is 0.185 e. The number of nitrogens with two attached hydrogens (primary N) is 1. The molecule has 1 fully saturated rings. The highest BCUT2D eigenvalue weighted by atomic mass is 32.1. The van der Waals surface area contributed by atoms with Crippen LogP contribution in [0.3, 0.4) is 0 Å². The van der Waals surface area contributed by atoms with E-state index in [9.17, 15) is 0 Å². The number of hydrogen-bond acceptors (Lipinski definition) is 5. The van der Waals surface area contributed by atoms with Crippen molar-refractivity contribution >= 4 is 16.5 Å². The van der Waals surface area contributed by atoms with Gasteiger partial charge in [-0.1, -0.05) is 13.3 Å². The summed E-state index contributed by atoms with van der Waals surface area (Å²) in [6.45, 7) is 4.78. The molecule has 0 saturated carbocycles. The predicted molar refractivity (Wildman–Crippen MR) is 71.6 cm³/mol. The van der Waals surface area contributed by atoms with Crippen molar-refractivity contribution in [1.29, 1.82) is 0 Å². The molecule has 2 rings (SSSR count). The van der Waals surface area contributed by atoms with Gasteiger partial charge in [0.1, 0.15) is 0 Å². The second kappa shape index (κ2) is 5.80. The fourth-order valence-corrected chi connectivity index (χ4v) is 3.21. The van der Waals surface area contributed by atoms with E-state index >= 15 is 0 Å². The summed E-state index contributed by atoms with van der Waals surface area (Å²) < 4.78 is 5.38. The molecular weight excluding hydrogens is 234 g/mol. The summed E-state index contributed by atoms with van der Waals surface area (Å²) in [5, 5.41) is 1.12. The first kappa shape index (κ1) is 12.8. The zero-order valence-corrected chi connectivity index (χ0v) is 11.4. The number of aryl methyl sites for hydroxylation is 1. The van der Waals surface area contributed by atoms with Gasteiger partial charge in [0.15, 0.2) is 5.13 Å². The van der Waals surface area contributed by atoms with Crippen molar-refractivity contribution in [2.24, 2.45) is 5.73 Å². The zero-order valence-electron chi connectivity index (χ0n) is 10.6. The molecule has 0 amide bonds. The van der Waals surface area contributed by atoms with Gasteiger partial charge >= 0.3 is 0 Å². The molecule has 0 aliphatic carbocycles. The number of ether oxygens (including phenoxy) is 1. The molecule has 0 aromatic carbocycles. The van der Waals surface area contributed by atoms with E-state index in [1.807, 2.05) is 0 Å². The molecule has 1 atom stereocenters. The molecule has 2 heterocycles. The summed E-state index contributed by atoms with van der Waals surface area (Å²) in [5.41, 5.74) is 6.96. The minimum Gasteiger partial charge on any atom is -0.380 e. The molecule has 2 N–H and O–H groups in total. The van der Waals surface area contributed by atoms with Crippen LogP contribution >= 0.6 is 11.3 Å². The Morgan fingerprint density at radius 3 is 3.00 bits per heavy atom. The molecule has 4 nitrogen and oxygen atoms in total. The van der Waals surface area contributed by atoms with Gasteiger partial charge in [-0.15, -0.1) is 11.3 Å². The van der Waals surface area contributed by atoms with Crippen LogP contribution in [0.25, 0.3) is 0 Å².